The molecule has 1 aliphatic rings. The highest BCUT2D eigenvalue weighted by atomic mass is 35.5. The Kier molecular flexibility index (Phi) is 6.36. The minimum atomic E-state index is -0.353. The standard InChI is InChI=1S/C25H24ClFN6O2/c1-16-21(22(26)33(29-16)20-10-8-19(27)9-11-20)25(34)32-14-12-31(13-15-32)17(2)24-28-23(30-35-24)18-6-4-3-5-7-18/h3-11,17H,12-15H2,1-2H3. The maximum Gasteiger partial charge on any atom is 0.258 e. The first-order valence-electron chi connectivity index (χ1n) is 11.4. The minimum absolute atomic E-state index is 0.0798. The summed E-state index contributed by atoms with van der Waals surface area (Å²) in [5.74, 6) is 0.582. The molecule has 2 aromatic heterocycles. The van der Waals surface area contributed by atoms with Crippen LogP contribution in [-0.2, 0) is 0 Å². The lowest BCUT2D eigenvalue weighted by molar-refractivity contribution is 0.0551. The van der Waals surface area contributed by atoms with Crippen molar-refractivity contribution in [2.24, 2.45) is 0 Å². The average molecular weight is 495 g/mol. The van der Waals surface area contributed by atoms with Crippen molar-refractivity contribution in [1.29, 1.82) is 0 Å². The van der Waals surface area contributed by atoms with Crippen molar-refractivity contribution in [2.45, 2.75) is 19.9 Å². The van der Waals surface area contributed by atoms with E-state index in [1.807, 2.05) is 37.3 Å². The molecule has 0 radical (unpaired) electrons. The molecular weight excluding hydrogens is 471 g/mol. The molecule has 3 heterocycles. The molecule has 0 aliphatic carbocycles. The van der Waals surface area contributed by atoms with Crippen molar-refractivity contribution in [3.63, 3.8) is 0 Å². The summed E-state index contributed by atoms with van der Waals surface area (Å²) >= 11 is 6.55. The number of rotatable bonds is 5. The fourth-order valence-corrected chi connectivity index (χ4v) is 4.58. The molecule has 4 aromatic rings. The number of carbonyl (C=O) groups is 1. The van der Waals surface area contributed by atoms with Crippen molar-refractivity contribution >= 4 is 17.5 Å². The lowest BCUT2D eigenvalue weighted by Crippen LogP contribution is -2.49. The largest absolute Gasteiger partial charge is 0.337 e. The van der Waals surface area contributed by atoms with Crippen LogP contribution in [0, 0.1) is 12.7 Å². The van der Waals surface area contributed by atoms with Crippen LogP contribution in [0.5, 0.6) is 0 Å². The number of halogens is 2. The van der Waals surface area contributed by atoms with E-state index in [-0.39, 0.29) is 22.9 Å². The van der Waals surface area contributed by atoms with E-state index < -0.39 is 0 Å². The molecule has 0 saturated carbocycles. The summed E-state index contributed by atoms with van der Waals surface area (Å²) in [5.41, 5.74) is 2.38. The Balaban J connectivity index is 1.26. The van der Waals surface area contributed by atoms with Crippen molar-refractivity contribution in [3.8, 4) is 17.1 Å². The van der Waals surface area contributed by atoms with Gasteiger partial charge in [0.2, 0.25) is 11.7 Å². The summed E-state index contributed by atoms with van der Waals surface area (Å²) < 4.78 is 20.3. The first kappa shape index (κ1) is 23.2. The molecule has 10 heteroatoms. The van der Waals surface area contributed by atoms with Gasteiger partial charge in [-0.1, -0.05) is 47.1 Å². The van der Waals surface area contributed by atoms with Gasteiger partial charge >= 0.3 is 0 Å². The Hall–Kier alpha value is -3.56. The lowest BCUT2D eigenvalue weighted by Gasteiger charge is -2.36. The molecule has 1 amide bonds. The van der Waals surface area contributed by atoms with E-state index in [2.05, 4.69) is 20.1 Å². The fraction of sp³-hybridized carbons (Fsp3) is 0.280. The number of carbonyl (C=O) groups excluding carboxylic acids is 1. The summed E-state index contributed by atoms with van der Waals surface area (Å²) in [4.78, 5) is 21.9. The molecule has 8 nitrogen and oxygen atoms in total. The summed E-state index contributed by atoms with van der Waals surface area (Å²) in [5, 5.41) is 8.74. The van der Waals surface area contributed by atoms with Crippen LogP contribution in [-0.4, -0.2) is 61.8 Å². The fourth-order valence-electron chi connectivity index (χ4n) is 4.23. The van der Waals surface area contributed by atoms with Crippen molar-refractivity contribution in [3.05, 3.63) is 82.7 Å². The quantitative estimate of drug-likeness (QED) is 0.405. The molecule has 5 rings (SSSR count). The van der Waals surface area contributed by atoms with Crippen LogP contribution in [0.2, 0.25) is 5.15 Å². The van der Waals surface area contributed by atoms with Gasteiger partial charge in [-0.2, -0.15) is 10.1 Å². The van der Waals surface area contributed by atoms with Crippen LogP contribution in [0.25, 0.3) is 17.1 Å². The van der Waals surface area contributed by atoms with E-state index in [0.717, 1.165) is 5.56 Å². The van der Waals surface area contributed by atoms with E-state index in [4.69, 9.17) is 16.1 Å². The zero-order valence-corrected chi connectivity index (χ0v) is 20.1. The first-order valence-corrected chi connectivity index (χ1v) is 11.7. The molecule has 2 aromatic carbocycles. The van der Waals surface area contributed by atoms with Gasteiger partial charge in [0.05, 0.1) is 23.0 Å². The molecular formula is C25H24ClFN6O2. The molecule has 1 aliphatic heterocycles. The maximum atomic E-state index is 13.3. The van der Waals surface area contributed by atoms with Gasteiger partial charge < -0.3 is 9.42 Å². The second kappa shape index (κ2) is 9.59. The Labute approximate surface area is 206 Å². The molecule has 0 spiro atoms. The Bertz CT molecular complexity index is 1330. The van der Waals surface area contributed by atoms with Crippen molar-refractivity contribution in [2.75, 3.05) is 26.2 Å². The number of hydrogen-bond donors (Lipinski definition) is 0. The summed E-state index contributed by atoms with van der Waals surface area (Å²) in [7, 11) is 0. The van der Waals surface area contributed by atoms with Gasteiger partial charge in [0.1, 0.15) is 11.0 Å². The summed E-state index contributed by atoms with van der Waals surface area (Å²) in [6, 6.07) is 15.4. The number of nitrogens with zero attached hydrogens (tertiary/aromatic N) is 6. The zero-order chi connectivity index (χ0) is 24.5. The molecule has 1 fully saturated rings. The number of piperazine rings is 1. The normalized spacial score (nSPS) is 15.4. The summed E-state index contributed by atoms with van der Waals surface area (Å²) in [6.07, 6.45) is 0. The molecule has 0 N–H and O–H groups in total. The van der Waals surface area contributed by atoms with Gasteiger partial charge in [0.25, 0.3) is 5.91 Å². The lowest BCUT2D eigenvalue weighted by atomic mass is 10.2. The molecule has 1 saturated heterocycles. The highest BCUT2D eigenvalue weighted by Crippen LogP contribution is 2.27. The van der Waals surface area contributed by atoms with Crippen LogP contribution in [0.1, 0.15) is 34.9 Å². The second-order valence-corrected chi connectivity index (χ2v) is 8.82. The van der Waals surface area contributed by atoms with E-state index in [1.165, 1.54) is 16.8 Å². The van der Waals surface area contributed by atoms with Crippen LogP contribution in [0.3, 0.4) is 0 Å². The maximum absolute atomic E-state index is 13.3. The Morgan fingerprint density at radius 3 is 2.43 bits per heavy atom. The third kappa shape index (κ3) is 4.56. The van der Waals surface area contributed by atoms with Crippen LogP contribution >= 0.6 is 11.6 Å². The SMILES string of the molecule is Cc1nn(-c2ccc(F)cc2)c(Cl)c1C(=O)N1CCN(C(C)c2nc(-c3ccccc3)no2)CC1. The highest BCUT2D eigenvalue weighted by molar-refractivity contribution is 6.33. The Morgan fingerprint density at radius 1 is 1.06 bits per heavy atom. The predicted molar refractivity (Wildman–Crippen MR) is 129 cm³/mol. The number of amides is 1. The molecule has 35 heavy (non-hydrogen) atoms. The van der Waals surface area contributed by atoms with E-state index in [1.54, 1.807) is 24.0 Å². The topological polar surface area (TPSA) is 80.3 Å². The van der Waals surface area contributed by atoms with Gasteiger partial charge in [0.15, 0.2) is 0 Å². The minimum Gasteiger partial charge on any atom is -0.337 e. The number of aryl methyl sites for hydroxylation is 1. The number of benzene rings is 2. The molecule has 1 unspecified atom stereocenters. The zero-order valence-electron chi connectivity index (χ0n) is 19.4. The van der Waals surface area contributed by atoms with Gasteiger partial charge in [-0.25, -0.2) is 9.07 Å². The van der Waals surface area contributed by atoms with Gasteiger partial charge in [-0.05, 0) is 38.1 Å². The van der Waals surface area contributed by atoms with Crippen molar-refractivity contribution < 1.29 is 13.7 Å². The first-order chi connectivity index (χ1) is 16.9. The van der Waals surface area contributed by atoms with Crippen LogP contribution < -0.4 is 0 Å². The van der Waals surface area contributed by atoms with E-state index in [0.29, 0.717) is 54.8 Å². The third-order valence-electron chi connectivity index (χ3n) is 6.27. The number of aromatic nitrogens is 4. The van der Waals surface area contributed by atoms with Crippen LogP contribution in [0.4, 0.5) is 4.39 Å². The van der Waals surface area contributed by atoms with E-state index >= 15 is 0 Å². The molecule has 0 bridgehead atoms. The number of hydrogen-bond acceptors (Lipinski definition) is 6. The monoisotopic (exact) mass is 494 g/mol. The molecule has 180 valence electrons. The smallest absolute Gasteiger partial charge is 0.258 e. The second-order valence-electron chi connectivity index (χ2n) is 8.47. The van der Waals surface area contributed by atoms with Gasteiger partial charge in [-0.3, -0.25) is 9.69 Å². The molecule has 1 atom stereocenters. The van der Waals surface area contributed by atoms with Gasteiger partial charge in [-0.15, -0.1) is 0 Å². The highest BCUT2D eigenvalue weighted by Gasteiger charge is 2.31. The van der Waals surface area contributed by atoms with Crippen LogP contribution in [0.15, 0.2) is 59.1 Å². The van der Waals surface area contributed by atoms with Crippen molar-refractivity contribution in [1.82, 2.24) is 29.7 Å². The van der Waals surface area contributed by atoms with Gasteiger partial charge in [0, 0.05) is 31.7 Å². The predicted octanol–water partition coefficient (Wildman–Crippen LogP) is 4.54. The summed E-state index contributed by atoms with van der Waals surface area (Å²) in [6.45, 7) is 6.13. The third-order valence-corrected chi connectivity index (χ3v) is 6.62. The van der Waals surface area contributed by atoms with E-state index in [9.17, 15) is 9.18 Å². The Morgan fingerprint density at radius 2 is 1.74 bits per heavy atom. The average Bonchev–Trinajstić information content (AvgIpc) is 3.49.